The Morgan fingerprint density at radius 3 is 2.13 bits per heavy atom. The van der Waals surface area contributed by atoms with Crippen LogP contribution in [0, 0.1) is 0 Å². The summed E-state index contributed by atoms with van der Waals surface area (Å²) in [5.74, 6) is -1.33. The van der Waals surface area contributed by atoms with Gasteiger partial charge in [-0.15, -0.1) is 0 Å². The monoisotopic (exact) mass is 410 g/mol. The molecular formula is C23H26N2O5. The molecule has 0 heterocycles. The standard InChI is InChI=1S/C23H26N2O5/c1-25(2)21(26)13-7-12-20(22(27)28)24-23(29)30-14-19-17-10-5-3-8-15(17)16-9-4-6-11-18(16)19/h3-6,8-11,19-20H,7,12-14H2,1-2H3,(H,24,29)(H,27,28)/t20-/m1/s1. The highest BCUT2D eigenvalue weighted by Crippen LogP contribution is 2.44. The second-order valence-electron chi connectivity index (χ2n) is 7.54. The second kappa shape index (κ2) is 9.43. The van der Waals surface area contributed by atoms with Crippen molar-refractivity contribution in [1.82, 2.24) is 10.2 Å². The molecule has 2 aromatic rings. The number of nitrogens with one attached hydrogen (secondary N) is 1. The Morgan fingerprint density at radius 1 is 1.03 bits per heavy atom. The summed E-state index contributed by atoms with van der Waals surface area (Å²) >= 11 is 0. The van der Waals surface area contributed by atoms with E-state index >= 15 is 0 Å². The van der Waals surface area contributed by atoms with Crippen LogP contribution >= 0.6 is 0 Å². The molecule has 0 radical (unpaired) electrons. The number of alkyl carbamates (subject to hydrolysis) is 1. The summed E-state index contributed by atoms with van der Waals surface area (Å²) in [4.78, 5) is 36.8. The topological polar surface area (TPSA) is 95.9 Å². The van der Waals surface area contributed by atoms with E-state index in [4.69, 9.17) is 4.74 Å². The first-order valence-electron chi connectivity index (χ1n) is 9.93. The van der Waals surface area contributed by atoms with Crippen molar-refractivity contribution in [2.45, 2.75) is 31.2 Å². The molecule has 0 saturated carbocycles. The molecule has 2 aromatic carbocycles. The number of carbonyl (C=O) groups excluding carboxylic acids is 2. The Kier molecular flexibility index (Phi) is 6.72. The van der Waals surface area contributed by atoms with Crippen LogP contribution < -0.4 is 5.32 Å². The molecule has 3 rings (SSSR count). The fourth-order valence-corrected chi connectivity index (χ4v) is 3.72. The Morgan fingerprint density at radius 2 is 1.60 bits per heavy atom. The van der Waals surface area contributed by atoms with Gasteiger partial charge in [-0.25, -0.2) is 9.59 Å². The lowest BCUT2D eigenvalue weighted by molar-refractivity contribution is -0.140. The molecule has 2 N–H and O–H groups in total. The van der Waals surface area contributed by atoms with Gasteiger partial charge in [0, 0.05) is 26.4 Å². The molecule has 2 amide bonds. The molecule has 1 aliphatic carbocycles. The van der Waals surface area contributed by atoms with E-state index in [9.17, 15) is 19.5 Å². The van der Waals surface area contributed by atoms with Gasteiger partial charge in [0.2, 0.25) is 5.91 Å². The lowest BCUT2D eigenvalue weighted by atomic mass is 9.98. The maximum absolute atomic E-state index is 12.3. The predicted octanol–water partition coefficient (Wildman–Crippen LogP) is 3.24. The van der Waals surface area contributed by atoms with E-state index in [0.717, 1.165) is 22.3 Å². The first-order valence-corrected chi connectivity index (χ1v) is 9.93. The van der Waals surface area contributed by atoms with E-state index in [0.29, 0.717) is 6.42 Å². The summed E-state index contributed by atoms with van der Waals surface area (Å²) in [6.07, 6.45) is -0.0388. The van der Waals surface area contributed by atoms with E-state index in [-0.39, 0.29) is 31.3 Å². The van der Waals surface area contributed by atoms with Crippen LogP contribution in [0.2, 0.25) is 0 Å². The number of aliphatic carboxylic acids is 1. The van der Waals surface area contributed by atoms with E-state index in [1.165, 1.54) is 4.90 Å². The number of carboxylic acid groups (broad SMARTS) is 1. The minimum absolute atomic E-state index is 0.0831. The van der Waals surface area contributed by atoms with Gasteiger partial charge in [-0.05, 0) is 35.1 Å². The van der Waals surface area contributed by atoms with Crippen LogP contribution in [-0.4, -0.2) is 54.7 Å². The largest absolute Gasteiger partial charge is 0.480 e. The third-order valence-corrected chi connectivity index (χ3v) is 5.32. The number of fused-ring (bicyclic) bond motifs is 3. The van der Waals surface area contributed by atoms with Crippen molar-refractivity contribution in [3.05, 3.63) is 59.7 Å². The lowest BCUT2D eigenvalue weighted by Crippen LogP contribution is -2.41. The van der Waals surface area contributed by atoms with E-state index in [1.807, 2.05) is 48.5 Å². The summed E-state index contributed by atoms with van der Waals surface area (Å²) in [7, 11) is 3.29. The molecule has 0 aromatic heterocycles. The molecular weight excluding hydrogens is 384 g/mol. The average molecular weight is 410 g/mol. The quantitative estimate of drug-likeness (QED) is 0.697. The normalized spacial score (nSPS) is 13.1. The number of hydrogen-bond donors (Lipinski definition) is 2. The second-order valence-corrected chi connectivity index (χ2v) is 7.54. The van der Waals surface area contributed by atoms with Gasteiger partial charge in [0.1, 0.15) is 12.6 Å². The molecule has 0 aliphatic heterocycles. The molecule has 0 saturated heterocycles. The van der Waals surface area contributed by atoms with Gasteiger partial charge in [0.05, 0.1) is 0 Å². The van der Waals surface area contributed by atoms with Gasteiger partial charge in [-0.3, -0.25) is 4.79 Å². The molecule has 0 fully saturated rings. The fraction of sp³-hybridized carbons (Fsp3) is 0.348. The zero-order valence-corrected chi connectivity index (χ0v) is 17.1. The molecule has 158 valence electrons. The van der Waals surface area contributed by atoms with Gasteiger partial charge in [0.15, 0.2) is 0 Å². The Hall–Kier alpha value is -3.35. The molecule has 0 unspecified atom stereocenters. The SMILES string of the molecule is CN(C)C(=O)CCC[C@@H](NC(=O)OCC1c2ccccc2-c2ccccc21)C(=O)O. The van der Waals surface area contributed by atoms with Crippen molar-refractivity contribution in [2.24, 2.45) is 0 Å². The molecule has 0 spiro atoms. The highest BCUT2D eigenvalue weighted by Gasteiger charge is 2.29. The van der Waals surface area contributed by atoms with Crippen LogP contribution in [0.4, 0.5) is 4.79 Å². The van der Waals surface area contributed by atoms with Crippen LogP contribution in [0.25, 0.3) is 11.1 Å². The average Bonchev–Trinajstić information content (AvgIpc) is 3.05. The number of carboxylic acids is 1. The van der Waals surface area contributed by atoms with Crippen molar-refractivity contribution < 1.29 is 24.2 Å². The van der Waals surface area contributed by atoms with Gasteiger partial charge in [-0.2, -0.15) is 0 Å². The number of ether oxygens (including phenoxy) is 1. The smallest absolute Gasteiger partial charge is 0.407 e. The summed E-state index contributed by atoms with van der Waals surface area (Å²) < 4.78 is 5.40. The van der Waals surface area contributed by atoms with Crippen LogP contribution in [-0.2, 0) is 14.3 Å². The molecule has 30 heavy (non-hydrogen) atoms. The van der Waals surface area contributed by atoms with Crippen LogP contribution in [0.1, 0.15) is 36.3 Å². The van der Waals surface area contributed by atoms with Crippen LogP contribution in [0.15, 0.2) is 48.5 Å². The van der Waals surface area contributed by atoms with E-state index < -0.39 is 18.1 Å². The maximum atomic E-state index is 12.3. The summed E-state index contributed by atoms with van der Waals surface area (Å²) in [6, 6.07) is 14.9. The summed E-state index contributed by atoms with van der Waals surface area (Å²) in [5, 5.41) is 11.8. The lowest BCUT2D eigenvalue weighted by Gasteiger charge is -2.17. The van der Waals surface area contributed by atoms with Gasteiger partial charge in [0.25, 0.3) is 0 Å². The first-order chi connectivity index (χ1) is 14.4. The molecule has 7 heteroatoms. The minimum Gasteiger partial charge on any atom is -0.480 e. The number of carbonyl (C=O) groups is 3. The van der Waals surface area contributed by atoms with Crippen molar-refractivity contribution in [3.8, 4) is 11.1 Å². The maximum Gasteiger partial charge on any atom is 0.407 e. The highest BCUT2D eigenvalue weighted by molar-refractivity contribution is 5.81. The number of benzene rings is 2. The van der Waals surface area contributed by atoms with Crippen molar-refractivity contribution >= 4 is 18.0 Å². The minimum atomic E-state index is -1.15. The van der Waals surface area contributed by atoms with Gasteiger partial charge >= 0.3 is 12.1 Å². The Balaban J connectivity index is 1.58. The van der Waals surface area contributed by atoms with Crippen molar-refractivity contribution in [3.63, 3.8) is 0 Å². The number of rotatable bonds is 8. The third kappa shape index (κ3) is 4.79. The van der Waals surface area contributed by atoms with Crippen molar-refractivity contribution in [2.75, 3.05) is 20.7 Å². The highest BCUT2D eigenvalue weighted by atomic mass is 16.5. The number of amides is 2. The van der Waals surface area contributed by atoms with Crippen molar-refractivity contribution in [1.29, 1.82) is 0 Å². The Labute approximate surface area is 175 Å². The van der Waals surface area contributed by atoms with Crippen LogP contribution in [0.5, 0.6) is 0 Å². The number of hydrogen-bond acceptors (Lipinski definition) is 4. The summed E-state index contributed by atoms with van der Waals surface area (Å²) in [5.41, 5.74) is 4.42. The van der Waals surface area contributed by atoms with Crippen LogP contribution in [0.3, 0.4) is 0 Å². The molecule has 7 nitrogen and oxygen atoms in total. The van der Waals surface area contributed by atoms with Gasteiger partial charge in [-0.1, -0.05) is 48.5 Å². The zero-order valence-electron chi connectivity index (χ0n) is 17.1. The molecule has 0 bridgehead atoms. The fourth-order valence-electron chi connectivity index (χ4n) is 3.72. The van der Waals surface area contributed by atoms with E-state index in [2.05, 4.69) is 5.32 Å². The number of nitrogens with zero attached hydrogens (tertiary/aromatic N) is 1. The third-order valence-electron chi connectivity index (χ3n) is 5.32. The zero-order chi connectivity index (χ0) is 21.7. The molecule has 1 aliphatic rings. The van der Waals surface area contributed by atoms with Gasteiger partial charge < -0.3 is 20.1 Å². The molecule has 1 atom stereocenters. The summed E-state index contributed by atoms with van der Waals surface area (Å²) in [6.45, 7) is 0.116. The predicted molar refractivity (Wildman–Crippen MR) is 112 cm³/mol. The first kappa shape index (κ1) is 21.4. The van der Waals surface area contributed by atoms with E-state index in [1.54, 1.807) is 14.1 Å². The Bertz CT molecular complexity index is 895.